The first-order valence-corrected chi connectivity index (χ1v) is 9.67. The van der Waals surface area contributed by atoms with E-state index in [1.54, 1.807) is 0 Å². The van der Waals surface area contributed by atoms with Crippen molar-refractivity contribution >= 4 is 6.03 Å². The van der Waals surface area contributed by atoms with Gasteiger partial charge in [0.05, 0.1) is 13.2 Å². The third-order valence-corrected chi connectivity index (χ3v) is 5.74. The van der Waals surface area contributed by atoms with E-state index in [-0.39, 0.29) is 6.03 Å². The molecule has 1 N–H and O–H groups in total. The molecule has 1 aromatic carbocycles. The van der Waals surface area contributed by atoms with Crippen LogP contribution in [0.3, 0.4) is 0 Å². The fourth-order valence-corrected chi connectivity index (χ4v) is 4.26. The van der Waals surface area contributed by atoms with Gasteiger partial charge in [-0.1, -0.05) is 19.3 Å². The first-order chi connectivity index (χ1) is 12.2. The maximum absolute atomic E-state index is 12.5. The number of ether oxygens (including phenoxy) is 2. The number of urea groups is 1. The van der Waals surface area contributed by atoms with Gasteiger partial charge in [0, 0.05) is 49.2 Å². The number of rotatable bonds is 4. The Morgan fingerprint density at radius 3 is 2.84 bits per heavy atom. The second kappa shape index (κ2) is 7.14. The minimum absolute atomic E-state index is 0.0493. The Balaban J connectivity index is 1.40. The highest BCUT2D eigenvalue weighted by Crippen LogP contribution is 2.40. The lowest BCUT2D eigenvalue weighted by molar-refractivity contribution is 0.201. The Labute approximate surface area is 149 Å². The van der Waals surface area contributed by atoms with Gasteiger partial charge < -0.3 is 19.7 Å². The number of hydrogen-bond donors (Lipinski definition) is 1. The van der Waals surface area contributed by atoms with Crippen LogP contribution in [-0.2, 0) is 19.3 Å². The molecule has 5 heteroatoms. The van der Waals surface area contributed by atoms with Crippen molar-refractivity contribution in [3.8, 4) is 11.5 Å². The summed E-state index contributed by atoms with van der Waals surface area (Å²) in [5, 5.41) is 3.19. The van der Waals surface area contributed by atoms with Crippen molar-refractivity contribution in [2.75, 3.05) is 26.8 Å². The minimum atomic E-state index is 0.0493. The van der Waals surface area contributed by atoms with Gasteiger partial charge >= 0.3 is 6.03 Å². The lowest BCUT2D eigenvalue weighted by Gasteiger charge is -2.26. The summed E-state index contributed by atoms with van der Waals surface area (Å²) in [6, 6.07) is 2.55. The topological polar surface area (TPSA) is 50.8 Å². The molecular formula is C20H28N2O3. The minimum Gasteiger partial charge on any atom is -0.493 e. The number of fused-ring (bicyclic) bond motifs is 2. The van der Waals surface area contributed by atoms with Crippen LogP contribution in [-0.4, -0.2) is 43.8 Å². The molecule has 0 atom stereocenters. The van der Waals surface area contributed by atoms with Crippen molar-refractivity contribution in [1.29, 1.82) is 0 Å². The highest BCUT2D eigenvalue weighted by Gasteiger charge is 2.27. The van der Waals surface area contributed by atoms with Crippen LogP contribution in [0, 0.1) is 0 Å². The molecule has 0 bridgehead atoms. The molecule has 4 rings (SSSR count). The van der Waals surface area contributed by atoms with E-state index in [4.69, 9.17) is 9.47 Å². The van der Waals surface area contributed by atoms with Gasteiger partial charge in [-0.05, 0) is 25.3 Å². The van der Waals surface area contributed by atoms with Crippen LogP contribution < -0.4 is 14.8 Å². The van der Waals surface area contributed by atoms with E-state index in [9.17, 15) is 4.79 Å². The van der Waals surface area contributed by atoms with E-state index < -0.39 is 0 Å². The summed E-state index contributed by atoms with van der Waals surface area (Å²) in [4.78, 5) is 14.3. The third kappa shape index (κ3) is 3.42. The Kier molecular flexibility index (Phi) is 4.73. The van der Waals surface area contributed by atoms with Crippen LogP contribution in [0.5, 0.6) is 11.5 Å². The molecule has 3 aliphatic rings. The standard InChI is InChI=1S/C20H28N2O3/c1-22(20(23)21-15-5-3-2-4-6-15)10-7-17-16-9-12-24-18(16)13-14-8-11-25-19(14)17/h13,15H,2-12H2,1H3,(H,21,23). The van der Waals surface area contributed by atoms with Crippen LogP contribution in [0.15, 0.2) is 6.07 Å². The van der Waals surface area contributed by atoms with Crippen molar-refractivity contribution in [1.82, 2.24) is 10.2 Å². The summed E-state index contributed by atoms with van der Waals surface area (Å²) < 4.78 is 11.7. The number of hydrogen-bond acceptors (Lipinski definition) is 3. The summed E-state index contributed by atoms with van der Waals surface area (Å²) in [6.07, 6.45) is 8.71. The van der Waals surface area contributed by atoms with Crippen LogP contribution >= 0.6 is 0 Å². The smallest absolute Gasteiger partial charge is 0.317 e. The van der Waals surface area contributed by atoms with Gasteiger partial charge in [-0.25, -0.2) is 4.79 Å². The molecule has 1 saturated carbocycles. The maximum Gasteiger partial charge on any atom is 0.317 e. The van der Waals surface area contributed by atoms with Crippen molar-refractivity contribution in [3.63, 3.8) is 0 Å². The van der Waals surface area contributed by atoms with Crippen molar-refractivity contribution < 1.29 is 14.3 Å². The molecule has 25 heavy (non-hydrogen) atoms. The largest absolute Gasteiger partial charge is 0.493 e. The predicted octanol–water partition coefficient (Wildman–Crippen LogP) is 3.07. The Hall–Kier alpha value is -1.91. The molecule has 0 aromatic heterocycles. The molecule has 2 heterocycles. The van der Waals surface area contributed by atoms with E-state index in [1.807, 2.05) is 11.9 Å². The van der Waals surface area contributed by atoms with E-state index >= 15 is 0 Å². The second-order valence-electron chi connectivity index (χ2n) is 7.47. The van der Waals surface area contributed by atoms with E-state index in [0.717, 1.165) is 56.8 Å². The number of nitrogens with one attached hydrogen (secondary N) is 1. The van der Waals surface area contributed by atoms with Crippen molar-refractivity contribution in [2.45, 2.75) is 57.4 Å². The van der Waals surface area contributed by atoms with Gasteiger partial charge in [-0.15, -0.1) is 0 Å². The third-order valence-electron chi connectivity index (χ3n) is 5.74. The number of nitrogens with zero attached hydrogens (tertiary/aromatic N) is 1. The fourth-order valence-electron chi connectivity index (χ4n) is 4.26. The number of carbonyl (C=O) groups excluding carboxylic acids is 1. The molecule has 2 amide bonds. The van der Waals surface area contributed by atoms with Gasteiger partial charge in [-0.2, -0.15) is 0 Å². The predicted molar refractivity (Wildman–Crippen MR) is 96.6 cm³/mol. The highest BCUT2D eigenvalue weighted by molar-refractivity contribution is 5.74. The Bertz CT molecular complexity index is 621. The fraction of sp³-hybridized carbons (Fsp3) is 0.650. The number of carbonyl (C=O) groups is 1. The lowest BCUT2D eigenvalue weighted by atomic mass is 9.95. The lowest BCUT2D eigenvalue weighted by Crippen LogP contribution is -2.44. The average Bonchev–Trinajstić information content (AvgIpc) is 3.28. The normalized spacial score (nSPS) is 18.9. The monoisotopic (exact) mass is 344 g/mol. The Morgan fingerprint density at radius 2 is 2.00 bits per heavy atom. The first-order valence-electron chi connectivity index (χ1n) is 9.67. The molecule has 1 aliphatic carbocycles. The Morgan fingerprint density at radius 1 is 1.20 bits per heavy atom. The molecule has 1 fully saturated rings. The summed E-state index contributed by atoms with van der Waals surface area (Å²) >= 11 is 0. The van der Waals surface area contributed by atoms with E-state index in [2.05, 4.69) is 11.4 Å². The summed E-state index contributed by atoms with van der Waals surface area (Å²) in [7, 11) is 1.89. The van der Waals surface area contributed by atoms with Crippen molar-refractivity contribution in [3.05, 3.63) is 22.8 Å². The molecule has 0 radical (unpaired) electrons. The van der Waals surface area contributed by atoms with Gasteiger partial charge in [0.1, 0.15) is 11.5 Å². The van der Waals surface area contributed by atoms with Crippen LogP contribution in [0.1, 0.15) is 48.8 Å². The quantitative estimate of drug-likeness (QED) is 0.913. The SMILES string of the molecule is CN(CCc1c2c(cc3c1OCC3)OCC2)C(=O)NC1CCCCC1. The summed E-state index contributed by atoms with van der Waals surface area (Å²) in [5.41, 5.74) is 3.78. The van der Waals surface area contributed by atoms with Crippen LogP contribution in [0.2, 0.25) is 0 Å². The van der Waals surface area contributed by atoms with Crippen LogP contribution in [0.4, 0.5) is 4.79 Å². The zero-order chi connectivity index (χ0) is 17.2. The van der Waals surface area contributed by atoms with Gasteiger partial charge in [0.25, 0.3) is 0 Å². The molecule has 0 unspecified atom stereocenters. The molecule has 1 aromatic rings. The molecule has 0 saturated heterocycles. The van der Waals surface area contributed by atoms with Crippen LogP contribution in [0.25, 0.3) is 0 Å². The van der Waals surface area contributed by atoms with Gasteiger partial charge in [0.2, 0.25) is 0 Å². The first kappa shape index (κ1) is 16.6. The van der Waals surface area contributed by atoms with E-state index in [1.165, 1.54) is 36.0 Å². The number of amides is 2. The zero-order valence-electron chi connectivity index (χ0n) is 15.1. The number of likely N-dealkylation sites (N-methyl/N-ethyl adjacent to an activating group) is 1. The molecule has 0 spiro atoms. The summed E-state index contributed by atoms with van der Waals surface area (Å²) in [6.45, 7) is 2.21. The van der Waals surface area contributed by atoms with Crippen molar-refractivity contribution in [2.24, 2.45) is 0 Å². The maximum atomic E-state index is 12.5. The summed E-state index contributed by atoms with van der Waals surface area (Å²) in [5.74, 6) is 2.07. The zero-order valence-corrected chi connectivity index (χ0v) is 15.1. The highest BCUT2D eigenvalue weighted by atomic mass is 16.5. The van der Waals surface area contributed by atoms with E-state index in [0.29, 0.717) is 12.6 Å². The van der Waals surface area contributed by atoms with Gasteiger partial charge in [-0.3, -0.25) is 0 Å². The van der Waals surface area contributed by atoms with Gasteiger partial charge in [0.15, 0.2) is 0 Å². The average molecular weight is 344 g/mol. The molecule has 136 valence electrons. The molecule has 5 nitrogen and oxygen atoms in total. The molecule has 2 aliphatic heterocycles. The number of benzene rings is 1. The second-order valence-corrected chi connectivity index (χ2v) is 7.47. The molecular weight excluding hydrogens is 316 g/mol.